The van der Waals surface area contributed by atoms with Crippen molar-refractivity contribution in [3.8, 4) is 5.75 Å². The topological polar surface area (TPSA) is 63.6 Å². The van der Waals surface area contributed by atoms with Gasteiger partial charge in [0.1, 0.15) is 5.75 Å². The van der Waals surface area contributed by atoms with Gasteiger partial charge in [-0.25, -0.2) is 0 Å². The molecule has 0 radical (unpaired) electrons. The molecule has 1 aromatic rings. The van der Waals surface area contributed by atoms with Crippen LogP contribution in [0.2, 0.25) is 0 Å². The standard InChI is InChI=1S/C7H7IO4S/c1-12-7-3-2-5(4-6(7)8)13(9,10)11/h2-4H,1H3,(H,9,10,11). The zero-order chi connectivity index (χ0) is 10.1. The van der Waals surface area contributed by atoms with E-state index in [0.717, 1.165) is 0 Å². The number of hydrogen-bond acceptors (Lipinski definition) is 3. The van der Waals surface area contributed by atoms with Gasteiger partial charge in [0.05, 0.1) is 15.6 Å². The summed E-state index contributed by atoms with van der Waals surface area (Å²) < 4.78 is 35.7. The molecule has 0 atom stereocenters. The highest BCUT2D eigenvalue weighted by Gasteiger charge is 2.11. The van der Waals surface area contributed by atoms with Gasteiger partial charge < -0.3 is 4.74 Å². The second-order valence-electron chi connectivity index (χ2n) is 2.27. The van der Waals surface area contributed by atoms with Gasteiger partial charge in [-0.05, 0) is 40.8 Å². The van der Waals surface area contributed by atoms with E-state index in [1.807, 2.05) is 22.6 Å². The van der Waals surface area contributed by atoms with E-state index < -0.39 is 10.1 Å². The van der Waals surface area contributed by atoms with Crippen LogP contribution < -0.4 is 4.74 Å². The Labute approximate surface area is 89.8 Å². The molecule has 1 N–H and O–H groups in total. The van der Waals surface area contributed by atoms with Crippen molar-refractivity contribution in [1.82, 2.24) is 0 Å². The van der Waals surface area contributed by atoms with Gasteiger partial charge in [-0.2, -0.15) is 8.42 Å². The van der Waals surface area contributed by atoms with Gasteiger partial charge in [-0.3, -0.25) is 4.55 Å². The molecule has 13 heavy (non-hydrogen) atoms. The molecular formula is C7H7IO4S. The van der Waals surface area contributed by atoms with Gasteiger partial charge in [-0.15, -0.1) is 0 Å². The van der Waals surface area contributed by atoms with Crippen molar-refractivity contribution in [1.29, 1.82) is 0 Å². The Kier molecular flexibility index (Phi) is 3.14. The molecule has 72 valence electrons. The van der Waals surface area contributed by atoms with Crippen LogP contribution in [0.5, 0.6) is 5.75 Å². The lowest BCUT2D eigenvalue weighted by molar-refractivity contribution is 0.411. The fourth-order valence-electron chi connectivity index (χ4n) is 0.808. The van der Waals surface area contributed by atoms with Crippen molar-refractivity contribution < 1.29 is 17.7 Å². The first-order chi connectivity index (χ1) is 5.95. The Hall–Kier alpha value is -0.340. The van der Waals surface area contributed by atoms with Crippen molar-refractivity contribution >= 4 is 32.7 Å². The van der Waals surface area contributed by atoms with Gasteiger partial charge in [0, 0.05) is 0 Å². The second kappa shape index (κ2) is 3.81. The van der Waals surface area contributed by atoms with Gasteiger partial charge >= 0.3 is 0 Å². The molecule has 6 heteroatoms. The summed E-state index contributed by atoms with van der Waals surface area (Å²) in [4.78, 5) is -0.127. The maximum atomic E-state index is 10.7. The van der Waals surface area contributed by atoms with Crippen molar-refractivity contribution in [3.05, 3.63) is 21.8 Å². The largest absolute Gasteiger partial charge is 0.496 e. The van der Waals surface area contributed by atoms with Crippen molar-refractivity contribution in [2.45, 2.75) is 4.90 Å². The normalized spacial score (nSPS) is 11.3. The number of ether oxygens (including phenoxy) is 1. The monoisotopic (exact) mass is 314 g/mol. The summed E-state index contributed by atoms with van der Waals surface area (Å²) >= 11 is 1.93. The van der Waals surface area contributed by atoms with Gasteiger partial charge in [-0.1, -0.05) is 0 Å². The quantitative estimate of drug-likeness (QED) is 0.664. The zero-order valence-corrected chi connectivity index (χ0v) is 9.66. The maximum Gasteiger partial charge on any atom is 0.294 e. The minimum Gasteiger partial charge on any atom is -0.496 e. The lowest BCUT2D eigenvalue weighted by atomic mass is 10.3. The summed E-state index contributed by atoms with van der Waals surface area (Å²) in [5.74, 6) is 0.577. The summed E-state index contributed by atoms with van der Waals surface area (Å²) in [6, 6.07) is 4.12. The predicted octanol–water partition coefficient (Wildman–Crippen LogP) is 1.55. The highest BCUT2D eigenvalue weighted by molar-refractivity contribution is 14.1. The number of rotatable bonds is 2. The Morgan fingerprint density at radius 1 is 1.46 bits per heavy atom. The molecular weight excluding hydrogens is 307 g/mol. The van der Waals surface area contributed by atoms with Crippen LogP contribution in [0.4, 0.5) is 0 Å². The fraction of sp³-hybridized carbons (Fsp3) is 0.143. The van der Waals surface area contributed by atoms with Crippen molar-refractivity contribution in [2.24, 2.45) is 0 Å². The SMILES string of the molecule is COc1ccc(S(=O)(=O)O)cc1I. The molecule has 1 aromatic carbocycles. The zero-order valence-electron chi connectivity index (χ0n) is 6.69. The average molecular weight is 314 g/mol. The van der Waals surface area contributed by atoms with Crippen molar-refractivity contribution in [3.63, 3.8) is 0 Å². The van der Waals surface area contributed by atoms with Gasteiger partial charge in [0.15, 0.2) is 0 Å². The first-order valence-electron chi connectivity index (χ1n) is 3.26. The third kappa shape index (κ3) is 2.55. The highest BCUT2D eigenvalue weighted by Crippen LogP contribution is 2.23. The van der Waals surface area contributed by atoms with E-state index >= 15 is 0 Å². The summed E-state index contributed by atoms with van der Waals surface area (Å²) in [6.45, 7) is 0. The van der Waals surface area contributed by atoms with E-state index in [0.29, 0.717) is 9.32 Å². The molecule has 0 saturated heterocycles. The van der Waals surface area contributed by atoms with Crippen LogP contribution in [0.15, 0.2) is 23.1 Å². The van der Waals surface area contributed by atoms with E-state index in [1.54, 1.807) is 0 Å². The Morgan fingerprint density at radius 3 is 2.46 bits per heavy atom. The highest BCUT2D eigenvalue weighted by atomic mass is 127. The molecule has 0 spiro atoms. The Balaban J connectivity index is 3.26. The summed E-state index contributed by atoms with van der Waals surface area (Å²) in [7, 11) is -2.62. The predicted molar refractivity (Wildman–Crippen MR) is 55.5 cm³/mol. The first-order valence-corrected chi connectivity index (χ1v) is 5.78. The van der Waals surface area contributed by atoms with Crippen LogP contribution in [0, 0.1) is 3.57 Å². The smallest absolute Gasteiger partial charge is 0.294 e. The molecule has 0 aromatic heterocycles. The molecule has 0 aliphatic carbocycles. The van der Waals surface area contributed by atoms with Gasteiger partial charge in [0.25, 0.3) is 10.1 Å². The lowest BCUT2D eigenvalue weighted by Gasteiger charge is -2.03. The third-order valence-electron chi connectivity index (χ3n) is 1.42. The molecule has 0 amide bonds. The number of hydrogen-bond donors (Lipinski definition) is 1. The summed E-state index contributed by atoms with van der Waals surface area (Å²) in [5, 5.41) is 0. The molecule has 1 rings (SSSR count). The summed E-state index contributed by atoms with van der Waals surface area (Å²) in [5.41, 5.74) is 0. The molecule has 0 bridgehead atoms. The molecule has 0 unspecified atom stereocenters. The minimum atomic E-state index is -4.11. The van der Waals surface area contributed by atoms with Crippen LogP contribution in [0.25, 0.3) is 0 Å². The average Bonchev–Trinajstić information content (AvgIpc) is 2.02. The van der Waals surface area contributed by atoms with E-state index in [4.69, 9.17) is 9.29 Å². The number of benzene rings is 1. The number of halogens is 1. The second-order valence-corrected chi connectivity index (χ2v) is 4.86. The fourth-order valence-corrected chi connectivity index (χ4v) is 2.26. The van der Waals surface area contributed by atoms with E-state index in [1.165, 1.54) is 25.3 Å². The minimum absolute atomic E-state index is 0.127. The molecule has 0 aliphatic heterocycles. The molecule has 0 fully saturated rings. The van der Waals surface area contributed by atoms with Crippen LogP contribution >= 0.6 is 22.6 Å². The van der Waals surface area contributed by atoms with Crippen molar-refractivity contribution in [2.75, 3.05) is 7.11 Å². The van der Waals surface area contributed by atoms with E-state index in [9.17, 15) is 8.42 Å². The van der Waals surface area contributed by atoms with Crippen LogP contribution in [0.3, 0.4) is 0 Å². The van der Waals surface area contributed by atoms with Crippen LogP contribution in [-0.4, -0.2) is 20.1 Å². The Morgan fingerprint density at radius 2 is 2.08 bits per heavy atom. The van der Waals surface area contributed by atoms with Crippen LogP contribution in [-0.2, 0) is 10.1 Å². The van der Waals surface area contributed by atoms with Crippen LogP contribution in [0.1, 0.15) is 0 Å². The van der Waals surface area contributed by atoms with Gasteiger partial charge in [0.2, 0.25) is 0 Å². The van der Waals surface area contributed by atoms with E-state index in [-0.39, 0.29) is 4.90 Å². The molecule has 0 aliphatic rings. The third-order valence-corrected chi connectivity index (χ3v) is 3.11. The lowest BCUT2D eigenvalue weighted by Crippen LogP contribution is -1.98. The number of methoxy groups -OCH3 is 1. The molecule has 0 heterocycles. The molecule has 4 nitrogen and oxygen atoms in total. The first kappa shape index (κ1) is 10.7. The Bertz CT molecular complexity index is 413. The van der Waals surface area contributed by atoms with E-state index in [2.05, 4.69) is 0 Å². The summed E-state index contributed by atoms with van der Waals surface area (Å²) in [6.07, 6.45) is 0. The maximum absolute atomic E-state index is 10.7. The molecule has 0 saturated carbocycles.